The molecule has 96 valence electrons. The third-order valence-corrected chi connectivity index (χ3v) is 3.11. The van der Waals surface area contributed by atoms with E-state index >= 15 is 0 Å². The molecule has 19 heavy (non-hydrogen) atoms. The molecule has 0 aliphatic rings. The molecule has 0 radical (unpaired) electrons. The van der Waals surface area contributed by atoms with E-state index in [2.05, 4.69) is 9.97 Å². The van der Waals surface area contributed by atoms with E-state index in [0.717, 1.165) is 10.9 Å². The van der Waals surface area contributed by atoms with Crippen molar-refractivity contribution in [2.24, 2.45) is 0 Å². The molecule has 0 N–H and O–H groups in total. The van der Waals surface area contributed by atoms with Crippen LogP contribution < -0.4 is 0 Å². The maximum atomic E-state index is 12.0. The fourth-order valence-electron chi connectivity index (χ4n) is 2.06. The summed E-state index contributed by atoms with van der Waals surface area (Å²) < 4.78 is 6.79. The molecule has 0 amide bonds. The van der Waals surface area contributed by atoms with Crippen LogP contribution in [0.1, 0.15) is 17.3 Å². The molecule has 0 unspecified atom stereocenters. The molecule has 0 aromatic carbocycles. The van der Waals surface area contributed by atoms with Crippen molar-refractivity contribution in [1.29, 1.82) is 0 Å². The van der Waals surface area contributed by atoms with Crippen molar-refractivity contribution in [3.05, 3.63) is 41.4 Å². The standard InChI is InChI=1S/C13H10ClN3O2/c1-2-19-13(18)9-7-8-3-4-15-11(14)10(8)17-6-5-16-12(9)17/h3-7H,2H2,1H3. The second-order valence-electron chi connectivity index (χ2n) is 3.94. The Morgan fingerprint density at radius 1 is 1.42 bits per heavy atom. The first-order valence-corrected chi connectivity index (χ1v) is 6.17. The molecule has 3 heterocycles. The monoisotopic (exact) mass is 275 g/mol. The lowest BCUT2D eigenvalue weighted by Gasteiger charge is -2.08. The van der Waals surface area contributed by atoms with E-state index in [9.17, 15) is 4.79 Å². The molecule has 0 fully saturated rings. The zero-order valence-electron chi connectivity index (χ0n) is 10.1. The van der Waals surface area contributed by atoms with Gasteiger partial charge in [0.2, 0.25) is 0 Å². The summed E-state index contributed by atoms with van der Waals surface area (Å²) in [5.74, 6) is -0.395. The van der Waals surface area contributed by atoms with Gasteiger partial charge in [0.15, 0.2) is 10.8 Å². The number of rotatable bonds is 2. The van der Waals surface area contributed by atoms with Crippen LogP contribution in [0, 0.1) is 0 Å². The second kappa shape index (κ2) is 4.51. The van der Waals surface area contributed by atoms with E-state index in [-0.39, 0.29) is 0 Å². The smallest absolute Gasteiger partial charge is 0.341 e. The van der Waals surface area contributed by atoms with Gasteiger partial charge in [0.25, 0.3) is 0 Å². The van der Waals surface area contributed by atoms with Crippen LogP contribution in [0.3, 0.4) is 0 Å². The van der Waals surface area contributed by atoms with Crippen molar-refractivity contribution in [3.8, 4) is 0 Å². The second-order valence-corrected chi connectivity index (χ2v) is 4.30. The number of esters is 1. The maximum Gasteiger partial charge on any atom is 0.341 e. The van der Waals surface area contributed by atoms with Crippen molar-refractivity contribution in [2.45, 2.75) is 6.92 Å². The number of nitrogens with zero attached hydrogens (tertiary/aromatic N) is 3. The molecular weight excluding hydrogens is 266 g/mol. The molecule has 0 saturated heterocycles. The summed E-state index contributed by atoms with van der Waals surface area (Å²) >= 11 is 6.11. The quantitative estimate of drug-likeness (QED) is 0.533. The molecule has 3 aromatic heterocycles. The topological polar surface area (TPSA) is 56.5 Å². The minimum atomic E-state index is -0.395. The summed E-state index contributed by atoms with van der Waals surface area (Å²) in [5, 5.41) is 1.18. The van der Waals surface area contributed by atoms with E-state index in [1.807, 2.05) is 0 Å². The summed E-state index contributed by atoms with van der Waals surface area (Å²) in [7, 11) is 0. The molecule has 0 bridgehead atoms. The Morgan fingerprint density at radius 2 is 2.26 bits per heavy atom. The van der Waals surface area contributed by atoms with Gasteiger partial charge < -0.3 is 4.74 Å². The van der Waals surface area contributed by atoms with Crippen LogP contribution in [0.5, 0.6) is 0 Å². The maximum absolute atomic E-state index is 12.0. The van der Waals surface area contributed by atoms with E-state index in [1.165, 1.54) is 0 Å². The van der Waals surface area contributed by atoms with Crippen LogP contribution in [0.15, 0.2) is 30.7 Å². The fourth-order valence-corrected chi connectivity index (χ4v) is 2.32. The van der Waals surface area contributed by atoms with E-state index in [0.29, 0.717) is 23.0 Å². The summed E-state index contributed by atoms with van der Waals surface area (Å²) in [6, 6.07) is 3.52. The zero-order valence-corrected chi connectivity index (χ0v) is 10.9. The highest BCUT2D eigenvalue weighted by Crippen LogP contribution is 2.25. The van der Waals surface area contributed by atoms with Crippen molar-refractivity contribution in [2.75, 3.05) is 6.61 Å². The lowest BCUT2D eigenvalue weighted by Crippen LogP contribution is -2.07. The molecule has 3 rings (SSSR count). The fraction of sp³-hybridized carbons (Fsp3) is 0.154. The van der Waals surface area contributed by atoms with Gasteiger partial charge in [-0.25, -0.2) is 14.8 Å². The average molecular weight is 276 g/mol. The predicted molar refractivity (Wildman–Crippen MR) is 71.5 cm³/mol. The lowest BCUT2D eigenvalue weighted by atomic mass is 10.2. The van der Waals surface area contributed by atoms with Gasteiger partial charge in [-0.2, -0.15) is 0 Å². The SMILES string of the molecule is CCOC(=O)c1cc2ccnc(Cl)c2n2ccnc12. The van der Waals surface area contributed by atoms with Crippen LogP contribution in [-0.2, 0) is 4.74 Å². The minimum Gasteiger partial charge on any atom is -0.462 e. The number of pyridine rings is 2. The number of hydrogen-bond donors (Lipinski definition) is 0. The van der Waals surface area contributed by atoms with Crippen LogP contribution in [0.2, 0.25) is 5.15 Å². The summed E-state index contributed by atoms with van der Waals surface area (Å²) in [5.41, 5.74) is 1.66. The third-order valence-electron chi connectivity index (χ3n) is 2.83. The number of fused-ring (bicyclic) bond motifs is 3. The highest BCUT2D eigenvalue weighted by Gasteiger charge is 2.16. The highest BCUT2D eigenvalue weighted by molar-refractivity contribution is 6.34. The molecule has 0 atom stereocenters. The largest absolute Gasteiger partial charge is 0.462 e. The number of aromatic nitrogens is 3. The minimum absolute atomic E-state index is 0.320. The van der Waals surface area contributed by atoms with Gasteiger partial charge in [0.05, 0.1) is 12.1 Å². The van der Waals surface area contributed by atoms with Crippen LogP contribution in [0.4, 0.5) is 0 Å². The van der Waals surface area contributed by atoms with Crippen LogP contribution in [-0.4, -0.2) is 26.9 Å². The van der Waals surface area contributed by atoms with E-state index in [4.69, 9.17) is 16.3 Å². The summed E-state index contributed by atoms with van der Waals surface area (Å²) in [6.07, 6.45) is 4.96. The Labute approximate surface area is 113 Å². The number of halogens is 1. The molecule has 6 heteroatoms. The summed E-state index contributed by atoms with van der Waals surface area (Å²) in [4.78, 5) is 20.2. The number of imidazole rings is 1. The molecule has 3 aromatic rings. The average Bonchev–Trinajstić information content (AvgIpc) is 2.87. The zero-order chi connectivity index (χ0) is 13.4. The Morgan fingerprint density at radius 3 is 3.05 bits per heavy atom. The molecule has 5 nitrogen and oxygen atoms in total. The third kappa shape index (κ3) is 1.82. The molecule has 0 saturated carbocycles. The van der Waals surface area contributed by atoms with Crippen LogP contribution >= 0.6 is 11.6 Å². The predicted octanol–water partition coefficient (Wildman–Crippen LogP) is 2.71. The van der Waals surface area contributed by atoms with Gasteiger partial charge in [-0.05, 0) is 19.1 Å². The van der Waals surface area contributed by atoms with Crippen LogP contribution in [0.25, 0.3) is 16.6 Å². The number of hydrogen-bond acceptors (Lipinski definition) is 4. The number of carbonyl (C=O) groups excluding carboxylic acids is 1. The Balaban J connectivity index is 2.39. The molecule has 0 spiro atoms. The van der Waals surface area contributed by atoms with Gasteiger partial charge in [-0.15, -0.1) is 0 Å². The van der Waals surface area contributed by atoms with Crippen molar-refractivity contribution >= 4 is 34.1 Å². The first kappa shape index (κ1) is 11.9. The molecular formula is C13H10ClN3O2. The van der Waals surface area contributed by atoms with Crippen molar-refractivity contribution in [3.63, 3.8) is 0 Å². The first-order valence-electron chi connectivity index (χ1n) is 5.79. The van der Waals surface area contributed by atoms with Crippen molar-refractivity contribution < 1.29 is 9.53 Å². The van der Waals surface area contributed by atoms with Gasteiger partial charge >= 0.3 is 5.97 Å². The van der Waals surface area contributed by atoms with Gasteiger partial charge in [-0.1, -0.05) is 11.6 Å². The Hall–Kier alpha value is -2.14. The molecule has 0 aliphatic heterocycles. The number of ether oxygens (including phenoxy) is 1. The van der Waals surface area contributed by atoms with E-state index in [1.54, 1.807) is 42.0 Å². The number of carbonyl (C=O) groups is 1. The normalized spacial score (nSPS) is 11.1. The van der Waals surface area contributed by atoms with E-state index < -0.39 is 5.97 Å². The lowest BCUT2D eigenvalue weighted by molar-refractivity contribution is 0.0528. The van der Waals surface area contributed by atoms with Gasteiger partial charge in [-0.3, -0.25) is 4.40 Å². The first-order chi connectivity index (χ1) is 9.22. The Kier molecular flexibility index (Phi) is 2.83. The highest BCUT2D eigenvalue weighted by atomic mass is 35.5. The van der Waals surface area contributed by atoms with Gasteiger partial charge in [0.1, 0.15) is 5.56 Å². The van der Waals surface area contributed by atoms with Gasteiger partial charge in [0, 0.05) is 24.0 Å². The molecule has 0 aliphatic carbocycles. The summed E-state index contributed by atoms with van der Waals surface area (Å²) in [6.45, 7) is 2.09. The van der Waals surface area contributed by atoms with Crippen molar-refractivity contribution in [1.82, 2.24) is 14.4 Å². The Bertz CT molecular complexity index is 782.